The third-order valence-corrected chi connectivity index (χ3v) is 4.89. The molecule has 1 fully saturated rings. The lowest BCUT2D eigenvalue weighted by molar-refractivity contribution is -0.384. The second-order valence-electron chi connectivity index (χ2n) is 5.92. The molecule has 0 saturated heterocycles. The SMILES string of the molecule is CC(C)C1CCC(Nc2ccc([N+](=O)[O-])cc2Br)CC1. The summed E-state index contributed by atoms with van der Waals surface area (Å²) in [4.78, 5) is 10.3. The van der Waals surface area contributed by atoms with Crippen molar-refractivity contribution in [1.29, 1.82) is 0 Å². The minimum atomic E-state index is -0.373. The molecule has 0 unspecified atom stereocenters. The number of anilines is 1. The van der Waals surface area contributed by atoms with Crippen LogP contribution in [0.4, 0.5) is 11.4 Å². The minimum absolute atomic E-state index is 0.117. The molecule has 2 rings (SSSR count). The lowest BCUT2D eigenvalue weighted by Crippen LogP contribution is -2.28. The van der Waals surface area contributed by atoms with E-state index in [-0.39, 0.29) is 10.6 Å². The largest absolute Gasteiger partial charge is 0.381 e. The number of hydrogen-bond donors (Lipinski definition) is 1. The first-order valence-corrected chi connectivity index (χ1v) is 7.97. The Morgan fingerprint density at radius 3 is 2.45 bits per heavy atom. The molecule has 1 aliphatic carbocycles. The number of nitro groups is 1. The Balaban J connectivity index is 1.96. The molecule has 0 radical (unpaired) electrons. The van der Waals surface area contributed by atoms with E-state index < -0.39 is 0 Å². The summed E-state index contributed by atoms with van der Waals surface area (Å²) in [5.41, 5.74) is 1.06. The van der Waals surface area contributed by atoms with Gasteiger partial charge in [0.2, 0.25) is 0 Å². The van der Waals surface area contributed by atoms with Crippen LogP contribution in [-0.4, -0.2) is 11.0 Å². The quantitative estimate of drug-likeness (QED) is 0.620. The van der Waals surface area contributed by atoms with Gasteiger partial charge < -0.3 is 5.32 Å². The van der Waals surface area contributed by atoms with Gasteiger partial charge in [-0.2, -0.15) is 0 Å². The first kappa shape index (κ1) is 15.3. The van der Waals surface area contributed by atoms with E-state index in [9.17, 15) is 10.1 Å². The van der Waals surface area contributed by atoms with E-state index >= 15 is 0 Å². The van der Waals surface area contributed by atoms with Gasteiger partial charge in [-0.05, 0) is 59.5 Å². The average molecular weight is 341 g/mol. The maximum absolute atomic E-state index is 10.7. The van der Waals surface area contributed by atoms with Gasteiger partial charge in [0.05, 0.1) is 4.92 Å². The highest BCUT2D eigenvalue weighted by molar-refractivity contribution is 9.10. The van der Waals surface area contributed by atoms with Gasteiger partial charge in [0, 0.05) is 28.3 Å². The van der Waals surface area contributed by atoms with Crippen molar-refractivity contribution in [2.75, 3.05) is 5.32 Å². The second-order valence-corrected chi connectivity index (χ2v) is 6.78. The molecule has 0 aliphatic heterocycles. The fourth-order valence-electron chi connectivity index (χ4n) is 2.88. The Kier molecular flexibility index (Phi) is 5.02. The number of nitrogens with one attached hydrogen (secondary N) is 1. The van der Waals surface area contributed by atoms with Gasteiger partial charge in [-0.1, -0.05) is 13.8 Å². The molecule has 1 saturated carbocycles. The van der Waals surface area contributed by atoms with Crippen LogP contribution in [-0.2, 0) is 0 Å². The van der Waals surface area contributed by atoms with Gasteiger partial charge >= 0.3 is 0 Å². The summed E-state index contributed by atoms with van der Waals surface area (Å²) in [6.45, 7) is 4.59. The van der Waals surface area contributed by atoms with Gasteiger partial charge in [-0.15, -0.1) is 0 Å². The number of rotatable bonds is 4. The maximum Gasteiger partial charge on any atom is 0.270 e. The molecule has 1 aromatic carbocycles. The Morgan fingerprint density at radius 2 is 1.95 bits per heavy atom. The smallest absolute Gasteiger partial charge is 0.270 e. The predicted molar refractivity (Wildman–Crippen MR) is 85.0 cm³/mol. The third kappa shape index (κ3) is 3.72. The van der Waals surface area contributed by atoms with Gasteiger partial charge in [0.1, 0.15) is 0 Å². The maximum atomic E-state index is 10.7. The second kappa shape index (κ2) is 6.57. The number of benzene rings is 1. The van der Waals surface area contributed by atoms with E-state index in [4.69, 9.17) is 0 Å². The van der Waals surface area contributed by atoms with Crippen LogP contribution in [0, 0.1) is 22.0 Å². The van der Waals surface area contributed by atoms with Crippen LogP contribution >= 0.6 is 15.9 Å². The lowest BCUT2D eigenvalue weighted by atomic mass is 9.79. The summed E-state index contributed by atoms with van der Waals surface area (Å²) in [5, 5.41) is 14.2. The zero-order valence-corrected chi connectivity index (χ0v) is 13.5. The molecule has 0 aromatic heterocycles. The Bertz CT molecular complexity index is 483. The summed E-state index contributed by atoms with van der Waals surface area (Å²) in [5.74, 6) is 1.61. The van der Waals surface area contributed by atoms with Crippen LogP contribution in [0.2, 0.25) is 0 Å². The van der Waals surface area contributed by atoms with E-state index in [2.05, 4.69) is 35.1 Å². The molecule has 0 bridgehead atoms. The molecular formula is C15H21BrN2O2. The molecule has 4 nitrogen and oxygen atoms in total. The first-order chi connectivity index (χ1) is 9.47. The van der Waals surface area contributed by atoms with E-state index in [1.54, 1.807) is 18.2 Å². The van der Waals surface area contributed by atoms with E-state index in [1.165, 1.54) is 25.7 Å². The van der Waals surface area contributed by atoms with Crippen molar-refractivity contribution >= 4 is 27.3 Å². The summed E-state index contributed by atoms with van der Waals surface area (Å²) < 4.78 is 0.762. The molecule has 1 N–H and O–H groups in total. The predicted octanol–water partition coefficient (Wildman–Crippen LogP) is 4.98. The van der Waals surface area contributed by atoms with Crippen LogP contribution < -0.4 is 5.32 Å². The van der Waals surface area contributed by atoms with Crippen molar-refractivity contribution in [1.82, 2.24) is 0 Å². The van der Waals surface area contributed by atoms with Crippen molar-refractivity contribution in [3.63, 3.8) is 0 Å². The number of halogens is 1. The molecule has 20 heavy (non-hydrogen) atoms. The normalized spacial score (nSPS) is 22.8. The van der Waals surface area contributed by atoms with E-state index in [0.717, 1.165) is 22.0 Å². The van der Waals surface area contributed by atoms with E-state index in [0.29, 0.717) is 6.04 Å². The number of hydrogen-bond acceptors (Lipinski definition) is 3. The molecule has 0 heterocycles. The highest BCUT2D eigenvalue weighted by Crippen LogP contribution is 2.33. The van der Waals surface area contributed by atoms with Crippen LogP contribution in [0.3, 0.4) is 0 Å². The topological polar surface area (TPSA) is 55.2 Å². The van der Waals surface area contributed by atoms with E-state index in [1.807, 2.05) is 0 Å². The lowest BCUT2D eigenvalue weighted by Gasteiger charge is -2.32. The molecule has 1 aromatic rings. The Hall–Kier alpha value is -1.10. The van der Waals surface area contributed by atoms with Gasteiger partial charge in [-0.3, -0.25) is 10.1 Å². The fraction of sp³-hybridized carbons (Fsp3) is 0.600. The summed E-state index contributed by atoms with van der Waals surface area (Å²) >= 11 is 3.41. The van der Waals surface area contributed by atoms with Gasteiger partial charge in [0.15, 0.2) is 0 Å². The van der Waals surface area contributed by atoms with Gasteiger partial charge in [0.25, 0.3) is 5.69 Å². The zero-order valence-electron chi connectivity index (χ0n) is 11.9. The van der Waals surface area contributed by atoms with Crippen molar-refractivity contribution in [2.45, 2.75) is 45.6 Å². The first-order valence-electron chi connectivity index (χ1n) is 7.18. The molecule has 0 amide bonds. The number of nitro benzene ring substituents is 1. The van der Waals surface area contributed by atoms with Crippen molar-refractivity contribution < 1.29 is 4.92 Å². The standard InChI is InChI=1S/C15H21BrN2O2/c1-10(2)11-3-5-12(6-4-11)17-15-8-7-13(18(19)20)9-14(15)16/h7-12,17H,3-6H2,1-2H3. The van der Waals surface area contributed by atoms with Crippen LogP contribution in [0.25, 0.3) is 0 Å². The van der Waals surface area contributed by atoms with Crippen molar-refractivity contribution in [2.24, 2.45) is 11.8 Å². The fourth-order valence-corrected chi connectivity index (χ4v) is 3.37. The van der Waals surface area contributed by atoms with Crippen LogP contribution in [0.1, 0.15) is 39.5 Å². The Labute approximate surface area is 128 Å². The Morgan fingerprint density at radius 1 is 1.30 bits per heavy atom. The monoisotopic (exact) mass is 340 g/mol. The molecule has 110 valence electrons. The molecule has 0 atom stereocenters. The highest BCUT2D eigenvalue weighted by atomic mass is 79.9. The zero-order chi connectivity index (χ0) is 14.7. The minimum Gasteiger partial charge on any atom is -0.381 e. The van der Waals surface area contributed by atoms with Crippen LogP contribution in [0.15, 0.2) is 22.7 Å². The molecule has 1 aliphatic rings. The summed E-state index contributed by atoms with van der Waals surface area (Å²) in [7, 11) is 0. The van der Waals surface area contributed by atoms with Crippen LogP contribution in [0.5, 0.6) is 0 Å². The average Bonchev–Trinajstić information content (AvgIpc) is 2.41. The number of nitrogens with zero attached hydrogens (tertiary/aromatic N) is 1. The van der Waals surface area contributed by atoms with Crippen molar-refractivity contribution in [3.05, 3.63) is 32.8 Å². The molecule has 5 heteroatoms. The molecule has 0 spiro atoms. The van der Waals surface area contributed by atoms with Crippen molar-refractivity contribution in [3.8, 4) is 0 Å². The van der Waals surface area contributed by atoms with Gasteiger partial charge in [-0.25, -0.2) is 0 Å². The molecular weight excluding hydrogens is 320 g/mol. The summed E-state index contributed by atoms with van der Waals surface area (Å²) in [6, 6.07) is 5.37. The highest BCUT2D eigenvalue weighted by Gasteiger charge is 2.23. The summed E-state index contributed by atoms with van der Waals surface area (Å²) in [6.07, 6.45) is 4.87. The third-order valence-electron chi connectivity index (χ3n) is 4.24. The number of non-ortho nitro benzene ring substituents is 1.